The maximum Gasteiger partial charge on any atom is 0.211 e. The first-order valence-electron chi connectivity index (χ1n) is 8.00. The van der Waals surface area contributed by atoms with E-state index >= 15 is 0 Å². The Morgan fingerprint density at radius 2 is 2.13 bits per heavy atom. The van der Waals surface area contributed by atoms with Gasteiger partial charge in [0, 0.05) is 25.2 Å². The molecule has 3 rings (SSSR count). The molecule has 2 aliphatic heterocycles. The summed E-state index contributed by atoms with van der Waals surface area (Å²) < 4.78 is 36.7. The number of aromatic nitrogens is 1. The number of aryl methyl sites for hydroxylation is 1. The minimum atomic E-state index is -3.10. The van der Waals surface area contributed by atoms with Gasteiger partial charge in [-0.15, -0.1) is 0 Å². The smallest absolute Gasteiger partial charge is 0.211 e. The number of nitrogens with zero attached hydrogens (tertiary/aromatic N) is 2. The highest BCUT2D eigenvalue weighted by Gasteiger charge is 2.44. The van der Waals surface area contributed by atoms with Gasteiger partial charge in [-0.2, -0.15) is 0 Å². The van der Waals surface area contributed by atoms with Gasteiger partial charge in [0.25, 0.3) is 0 Å². The number of ether oxygens (including phenoxy) is 2. The summed E-state index contributed by atoms with van der Waals surface area (Å²) in [5.74, 6) is 0. The molecule has 0 aromatic carbocycles. The van der Waals surface area contributed by atoms with Gasteiger partial charge in [0.2, 0.25) is 10.0 Å². The molecule has 0 radical (unpaired) electrons. The average Bonchev–Trinajstić information content (AvgIpc) is 2.88. The molecular weight excluding hydrogens is 316 g/mol. The van der Waals surface area contributed by atoms with Gasteiger partial charge in [-0.25, -0.2) is 12.7 Å². The second-order valence-electron chi connectivity index (χ2n) is 6.56. The fraction of sp³-hybridized carbons (Fsp3) is 0.688. The lowest BCUT2D eigenvalue weighted by Crippen LogP contribution is -2.46. The Hall–Kier alpha value is -1.02. The van der Waals surface area contributed by atoms with Gasteiger partial charge in [-0.05, 0) is 31.9 Å². The minimum absolute atomic E-state index is 0.0575. The largest absolute Gasteiger partial charge is 0.372 e. The molecule has 0 N–H and O–H groups in total. The predicted molar refractivity (Wildman–Crippen MR) is 86.5 cm³/mol. The van der Waals surface area contributed by atoms with Crippen molar-refractivity contribution in [3.05, 3.63) is 29.6 Å². The Kier molecular flexibility index (Phi) is 4.73. The summed E-state index contributed by atoms with van der Waals surface area (Å²) in [5.41, 5.74) is 1.70. The van der Waals surface area contributed by atoms with E-state index in [1.807, 2.05) is 25.1 Å². The number of sulfonamides is 1. The summed E-state index contributed by atoms with van der Waals surface area (Å²) in [6, 6.07) is 5.91. The molecule has 1 spiro atoms. The van der Waals surface area contributed by atoms with Crippen LogP contribution in [0.1, 0.15) is 30.7 Å². The van der Waals surface area contributed by atoms with Crippen LogP contribution in [0.5, 0.6) is 0 Å². The van der Waals surface area contributed by atoms with Gasteiger partial charge in [-0.3, -0.25) is 4.98 Å². The Labute approximate surface area is 137 Å². The quantitative estimate of drug-likeness (QED) is 0.831. The number of hydrogen-bond donors (Lipinski definition) is 0. The van der Waals surface area contributed by atoms with Gasteiger partial charge in [0.1, 0.15) is 0 Å². The number of rotatable bonds is 4. The van der Waals surface area contributed by atoms with Gasteiger partial charge >= 0.3 is 0 Å². The van der Waals surface area contributed by atoms with Crippen LogP contribution < -0.4 is 0 Å². The topological polar surface area (TPSA) is 68.7 Å². The van der Waals surface area contributed by atoms with Crippen LogP contribution in [0.2, 0.25) is 0 Å². The highest BCUT2D eigenvalue weighted by molar-refractivity contribution is 7.88. The third-order valence-electron chi connectivity index (χ3n) is 4.69. The first kappa shape index (κ1) is 16.8. The maximum atomic E-state index is 11.6. The van der Waals surface area contributed by atoms with E-state index in [0.29, 0.717) is 26.3 Å². The monoisotopic (exact) mass is 340 g/mol. The molecular formula is C16H24N2O4S. The molecule has 2 fully saturated rings. The lowest BCUT2D eigenvalue weighted by molar-refractivity contribution is -0.0343. The summed E-state index contributed by atoms with van der Waals surface area (Å²) in [5, 5.41) is 0. The van der Waals surface area contributed by atoms with Crippen molar-refractivity contribution in [3.8, 4) is 0 Å². The van der Waals surface area contributed by atoms with Crippen molar-refractivity contribution in [2.24, 2.45) is 0 Å². The van der Waals surface area contributed by atoms with Gasteiger partial charge < -0.3 is 9.47 Å². The molecule has 3 heterocycles. The molecule has 2 saturated heterocycles. The van der Waals surface area contributed by atoms with Gasteiger partial charge in [0.05, 0.1) is 36.9 Å². The fourth-order valence-corrected chi connectivity index (χ4v) is 4.21. The molecule has 0 unspecified atom stereocenters. The van der Waals surface area contributed by atoms with E-state index in [9.17, 15) is 8.42 Å². The van der Waals surface area contributed by atoms with Crippen molar-refractivity contribution in [2.75, 3.05) is 26.0 Å². The molecule has 0 amide bonds. The van der Waals surface area contributed by atoms with Crippen molar-refractivity contribution in [1.82, 2.24) is 9.29 Å². The summed E-state index contributed by atoms with van der Waals surface area (Å²) in [6.07, 6.45) is 3.63. The third kappa shape index (κ3) is 4.09. The lowest BCUT2D eigenvalue weighted by atomic mass is 9.89. The van der Waals surface area contributed by atoms with Crippen LogP contribution in [0.3, 0.4) is 0 Å². The number of piperidine rings is 1. The Morgan fingerprint density at radius 1 is 1.39 bits per heavy atom. The third-order valence-corrected chi connectivity index (χ3v) is 5.99. The van der Waals surface area contributed by atoms with Gasteiger partial charge in [0.15, 0.2) is 0 Å². The highest BCUT2D eigenvalue weighted by Crippen LogP contribution is 2.37. The van der Waals surface area contributed by atoms with Crippen molar-refractivity contribution in [2.45, 2.75) is 44.5 Å². The summed E-state index contributed by atoms with van der Waals surface area (Å²) in [7, 11) is -3.10. The van der Waals surface area contributed by atoms with E-state index in [-0.39, 0.29) is 11.7 Å². The van der Waals surface area contributed by atoms with E-state index in [0.717, 1.165) is 30.7 Å². The van der Waals surface area contributed by atoms with Crippen LogP contribution in [-0.2, 0) is 26.1 Å². The van der Waals surface area contributed by atoms with Crippen LogP contribution in [0.15, 0.2) is 18.2 Å². The van der Waals surface area contributed by atoms with Crippen LogP contribution in [0.25, 0.3) is 0 Å². The van der Waals surface area contributed by atoms with Crippen LogP contribution in [0.4, 0.5) is 0 Å². The van der Waals surface area contributed by atoms with E-state index in [4.69, 9.17) is 9.47 Å². The minimum Gasteiger partial charge on any atom is -0.372 e. The van der Waals surface area contributed by atoms with Crippen LogP contribution in [-0.4, -0.2) is 55.4 Å². The van der Waals surface area contributed by atoms with E-state index in [1.54, 1.807) is 0 Å². The standard InChI is InChI=1S/C16H24N2O4S/c1-13-4-3-5-14(17-13)11-21-15-10-16(22-12-15)6-8-18(9-7-16)23(2,19)20/h3-5,15H,6-12H2,1-2H3/t15-/m1/s1. The van der Waals surface area contributed by atoms with E-state index in [1.165, 1.54) is 10.6 Å². The molecule has 0 saturated carbocycles. The predicted octanol–water partition coefficient (Wildman–Crippen LogP) is 1.49. The highest BCUT2D eigenvalue weighted by atomic mass is 32.2. The van der Waals surface area contributed by atoms with E-state index < -0.39 is 10.0 Å². The second-order valence-corrected chi connectivity index (χ2v) is 8.55. The van der Waals surface area contributed by atoms with Crippen molar-refractivity contribution in [3.63, 3.8) is 0 Å². The molecule has 0 bridgehead atoms. The molecule has 0 aliphatic carbocycles. The zero-order chi connectivity index (χ0) is 16.5. The van der Waals surface area contributed by atoms with Gasteiger partial charge in [-0.1, -0.05) is 6.07 Å². The number of pyridine rings is 1. The molecule has 7 heteroatoms. The molecule has 128 valence electrons. The Bertz CT molecular complexity index is 654. The Morgan fingerprint density at radius 3 is 2.78 bits per heavy atom. The van der Waals surface area contributed by atoms with Crippen LogP contribution >= 0.6 is 0 Å². The second kappa shape index (κ2) is 6.47. The maximum absolute atomic E-state index is 11.6. The average molecular weight is 340 g/mol. The van der Waals surface area contributed by atoms with Crippen molar-refractivity contribution >= 4 is 10.0 Å². The molecule has 1 aromatic heterocycles. The molecule has 1 aromatic rings. The van der Waals surface area contributed by atoms with Crippen LogP contribution in [0, 0.1) is 6.92 Å². The summed E-state index contributed by atoms with van der Waals surface area (Å²) in [4.78, 5) is 4.44. The zero-order valence-electron chi connectivity index (χ0n) is 13.7. The van der Waals surface area contributed by atoms with E-state index in [2.05, 4.69) is 4.98 Å². The SMILES string of the molecule is Cc1cccc(CO[C@H]2COC3(CCN(S(C)(=O)=O)CC3)C2)n1. The normalized spacial score (nSPS) is 25.0. The lowest BCUT2D eigenvalue weighted by Gasteiger charge is -2.37. The molecule has 6 nitrogen and oxygen atoms in total. The molecule has 23 heavy (non-hydrogen) atoms. The zero-order valence-corrected chi connectivity index (χ0v) is 14.5. The number of hydrogen-bond acceptors (Lipinski definition) is 5. The van der Waals surface area contributed by atoms with Crippen molar-refractivity contribution in [1.29, 1.82) is 0 Å². The van der Waals surface area contributed by atoms with Crippen molar-refractivity contribution < 1.29 is 17.9 Å². The fourth-order valence-electron chi connectivity index (χ4n) is 3.37. The summed E-state index contributed by atoms with van der Waals surface area (Å²) >= 11 is 0. The summed E-state index contributed by atoms with van der Waals surface area (Å²) in [6.45, 7) is 4.09. The molecule has 1 atom stereocenters. The first-order chi connectivity index (χ1) is 10.9. The molecule has 2 aliphatic rings. The Balaban J connectivity index is 1.51. The first-order valence-corrected chi connectivity index (χ1v) is 9.84.